The van der Waals surface area contributed by atoms with Crippen LogP contribution in [-0.4, -0.2) is 41.8 Å². The van der Waals surface area contributed by atoms with Crippen LogP contribution in [0, 0.1) is 5.92 Å². The van der Waals surface area contributed by atoms with E-state index in [0.717, 1.165) is 35.6 Å². The van der Waals surface area contributed by atoms with Crippen molar-refractivity contribution < 1.29 is 14.3 Å². The van der Waals surface area contributed by atoms with Crippen molar-refractivity contribution in [1.29, 1.82) is 0 Å². The predicted molar refractivity (Wildman–Crippen MR) is 92.8 cm³/mol. The number of ether oxygens (including phenoxy) is 2. The lowest BCUT2D eigenvalue weighted by molar-refractivity contribution is -0.136. The number of nitrogens with one attached hydrogen (secondary N) is 1. The minimum absolute atomic E-state index is 0.100. The van der Waals surface area contributed by atoms with Crippen molar-refractivity contribution in [3.05, 3.63) is 40.7 Å². The van der Waals surface area contributed by atoms with Gasteiger partial charge in [0.1, 0.15) is 6.61 Å². The van der Waals surface area contributed by atoms with E-state index >= 15 is 0 Å². The number of hydrogen-bond acceptors (Lipinski definition) is 4. The van der Waals surface area contributed by atoms with Gasteiger partial charge in [0, 0.05) is 12.7 Å². The second kappa shape index (κ2) is 6.43. The lowest BCUT2D eigenvalue weighted by Gasteiger charge is -2.28. The standard InChI is InChI=1S/C19H23N3O3/c1-22(10-16-14-6-4-7-15(14)20-21-16)19(23)13-9-12-5-3-8-17(24-2)18(12)25-11-13/h3,5,8,13H,4,6-7,9-11H2,1-2H3,(H,20,21)/t13-/m0/s1. The van der Waals surface area contributed by atoms with E-state index in [0.29, 0.717) is 19.6 Å². The molecule has 1 amide bonds. The number of fused-ring (bicyclic) bond motifs is 2. The van der Waals surface area contributed by atoms with E-state index in [4.69, 9.17) is 9.47 Å². The van der Waals surface area contributed by atoms with Crippen molar-refractivity contribution in [2.45, 2.75) is 32.2 Å². The number of aromatic nitrogens is 2. The second-order valence-corrected chi connectivity index (χ2v) is 6.84. The van der Waals surface area contributed by atoms with Gasteiger partial charge in [-0.05, 0) is 42.9 Å². The minimum atomic E-state index is -0.170. The fraction of sp³-hybridized carbons (Fsp3) is 0.474. The molecule has 25 heavy (non-hydrogen) atoms. The summed E-state index contributed by atoms with van der Waals surface area (Å²) >= 11 is 0. The fourth-order valence-electron chi connectivity index (χ4n) is 3.85. The zero-order valence-electron chi connectivity index (χ0n) is 14.7. The monoisotopic (exact) mass is 341 g/mol. The Morgan fingerprint density at radius 3 is 3.16 bits per heavy atom. The molecule has 2 aromatic rings. The Kier molecular flexibility index (Phi) is 4.11. The Balaban J connectivity index is 1.45. The highest BCUT2D eigenvalue weighted by Gasteiger charge is 2.30. The summed E-state index contributed by atoms with van der Waals surface area (Å²) in [6.07, 6.45) is 3.97. The molecule has 1 N–H and O–H groups in total. The number of para-hydroxylation sites is 1. The molecule has 132 valence electrons. The molecule has 1 aliphatic heterocycles. The van der Waals surface area contributed by atoms with Crippen LogP contribution in [0.1, 0.15) is 28.9 Å². The van der Waals surface area contributed by atoms with E-state index in [2.05, 4.69) is 10.2 Å². The third-order valence-electron chi connectivity index (χ3n) is 5.18. The third-order valence-corrected chi connectivity index (χ3v) is 5.18. The fourth-order valence-corrected chi connectivity index (χ4v) is 3.85. The smallest absolute Gasteiger partial charge is 0.229 e. The first-order valence-electron chi connectivity index (χ1n) is 8.76. The van der Waals surface area contributed by atoms with E-state index in [9.17, 15) is 4.79 Å². The maximum atomic E-state index is 12.9. The lowest BCUT2D eigenvalue weighted by Crippen LogP contribution is -2.38. The first-order chi connectivity index (χ1) is 12.2. The molecule has 0 bridgehead atoms. The molecule has 1 atom stereocenters. The van der Waals surface area contributed by atoms with Crippen LogP contribution in [0.15, 0.2) is 18.2 Å². The molecule has 0 spiro atoms. The molecule has 6 heteroatoms. The number of H-pyrrole nitrogens is 1. The first-order valence-corrected chi connectivity index (χ1v) is 8.76. The Hall–Kier alpha value is -2.50. The molecule has 2 aliphatic rings. The summed E-state index contributed by atoms with van der Waals surface area (Å²) < 4.78 is 11.2. The number of nitrogens with zero attached hydrogens (tertiary/aromatic N) is 2. The summed E-state index contributed by atoms with van der Waals surface area (Å²) in [6.45, 7) is 0.932. The summed E-state index contributed by atoms with van der Waals surface area (Å²) in [5, 5.41) is 7.51. The van der Waals surface area contributed by atoms with Gasteiger partial charge in [0.15, 0.2) is 11.5 Å². The molecular weight excluding hydrogens is 318 g/mol. The Bertz CT molecular complexity index is 799. The number of methoxy groups -OCH3 is 1. The number of rotatable bonds is 4. The number of carbonyl (C=O) groups is 1. The van der Waals surface area contributed by atoms with Gasteiger partial charge in [-0.1, -0.05) is 12.1 Å². The van der Waals surface area contributed by atoms with Crippen molar-refractivity contribution in [2.75, 3.05) is 20.8 Å². The summed E-state index contributed by atoms with van der Waals surface area (Å²) in [4.78, 5) is 14.6. The van der Waals surface area contributed by atoms with Crippen LogP contribution in [0.25, 0.3) is 0 Å². The van der Waals surface area contributed by atoms with Crippen LogP contribution >= 0.6 is 0 Å². The van der Waals surface area contributed by atoms with Gasteiger partial charge in [-0.2, -0.15) is 5.10 Å². The van der Waals surface area contributed by atoms with Crippen LogP contribution in [0.5, 0.6) is 11.5 Å². The summed E-state index contributed by atoms with van der Waals surface area (Å²) in [5.41, 5.74) is 4.56. The second-order valence-electron chi connectivity index (χ2n) is 6.84. The Labute approximate surface area is 147 Å². The zero-order valence-corrected chi connectivity index (χ0v) is 14.7. The summed E-state index contributed by atoms with van der Waals surface area (Å²) in [7, 11) is 3.48. The number of aromatic amines is 1. The quantitative estimate of drug-likeness (QED) is 0.925. The largest absolute Gasteiger partial charge is 0.493 e. The Morgan fingerprint density at radius 2 is 2.32 bits per heavy atom. The SMILES string of the molecule is COc1cccc2c1OC[C@@H](C(=O)N(C)Cc1n[nH]c3c1CCC3)C2. The molecule has 0 unspecified atom stereocenters. The van der Waals surface area contributed by atoms with Gasteiger partial charge in [-0.15, -0.1) is 0 Å². The van der Waals surface area contributed by atoms with E-state index in [1.54, 1.807) is 12.0 Å². The van der Waals surface area contributed by atoms with Crippen LogP contribution < -0.4 is 9.47 Å². The van der Waals surface area contributed by atoms with E-state index < -0.39 is 0 Å². The van der Waals surface area contributed by atoms with Crippen LogP contribution in [0.2, 0.25) is 0 Å². The number of benzene rings is 1. The summed E-state index contributed by atoms with van der Waals surface area (Å²) in [5.74, 6) is 1.42. The molecule has 2 heterocycles. The van der Waals surface area contributed by atoms with Crippen molar-refractivity contribution in [1.82, 2.24) is 15.1 Å². The average Bonchev–Trinajstić information content (AvgIpc) is 3.25. The maximum Gasteiger partial charge on any atom is 0.229 e. The van der Waals surface area contributed by atoms with E-state index in [1.165, 1.54) is 17.7 Å². The van der Waals surface area contributed by atoms with Gasteiger partial charge in [-0.25, -0.2) is 0 Å². The average molecular weight is 341 g/mol. The number of hydrogen-bond donors (Lipinski definition) is 1. The van der Waals surface area contributed by atoms with Gasteiger partial charge < -0.3 is 14.4 Å². The molecule has 6 nitrogen and oxygen atoms in total. The predicted octanol–water partition coefficient (Wildman–Crippen LogP) is 2.12. The van der Waals surface area contributed by atoms with Gasteiger partial charge in [0.25, 0.3) is 0 Å². The van der Waals surface area contributed by atoms with Gasteiger partial charge in [0.05, 0.1) is 25.3 Å². The molecule has 1 aromatic heterocycles. The molecule has 0 saturated carbocycles. The van der Waals surface area contributed by atoms with Crippen LogP contribution in [0.4, 0.5) is 0 Å². The highest BCUT2D eigenvalue weighted by atomic mass is 16.5. The van der Waals surface area contributed by atoms with Crippen LogP contribution in [0.3, 0.4) is 0 Å². The van der Waals surface area contributed by atoms with E-state index in [-0.39, 0.29) is 11.8 Å². The van der Waals surface area contributed by atoms with Crippen molar-refractivity contribution in [3.63, 3.8) is 0 Å². The zero-order chi connectivity index (χ0) is 17.4. The molecule has 1 aromatic carbocycles. The summed E-state index contributed by atoms with van der Waals surface area (Å²) in [6, 6.07) is 5.81. The van der Waals surface area contributed by atoms with Gasteiger partial charge >= 0.3 is 0 Å². The topological polar surface area (TPSA) is 67.5 Å². The maximum absolute atomic E-state index is 12.9. The molecule has 0 saturated heterocycles. The highest BCUT2D eigenvalue weighted by Crippen LogP contribution is 2.36. The van der Waals surface area contributed by atoms with E-state index in [1.807, 2.05) is 25.2 Å². The molecule has 1 aliphatic carbocycles. The molecule has 4 rings (SSSR count). The first kappa shape index (κ1) is 16.0. The number of aryl methyl sites for hydroxylation is 1. The minimum Gasteiger partial charge on any atom is -0.493 e. The van der Waals surface area contributed by atoms with Crippen molar-refractivity contribution >= 4 is 5.91 Å². The van der Waals surface area contributed by atoms with Gasteiger partial charge in [0.2, 0.25) is 5.91 Å². The molecular formula is C19H23N3O3. The van der Waals surface area contributed by atoms with Gasteiger partial charge in [-0.3, -0.25) is 9.89 Å². The highest BCUT2D eigenvalue weighted by molar-refractivity contribution is 5.79. The van der Waals surface area contributed by atoms with Crippen LogP contribution in [-0.2, 0) is 30.6 Å². The normalized spacial score (nSPS) is 18.2. The van der Waals surface area contributed by atoms with Crippen molar-refractivity contribution in [2.24, 2.45) is 5.92 Å². The number of amides is 1. The molecule has 0 fully saturated rings. The third kappa shape index (κ3) is 2.86. The lowest BCUT2D eigenvalue weighted by atomic mass is 9.95. The number of carbonyl (C=O) groups excluding carboxylic acids is 1. The van der Waals surface area contributed by atoms with Crippen molar-refractivity contribution in [3.8, 4) is 11.5 Å². The molecule has 0 radical (unpaired) electrons. The Morgan fingerprint density at radius 1 is 1.44 bits per heavy atom.